The van der Waals surface area contributed by atoms with Crippen LogP contribution in [0.4, 0.5) is 0 Å². The molecular formula is C18H34N6. The maximum absolute atomic E-state index is 6.31. The third-order valence-electron chi connectivity index (χ3n) is 5.46. The zero-order valence-corrected chi connectivity index (χ0v) is 15.8. The Balaban J connectivity index is 1.61. The molecule has 3 heterocycles. The average Bonchev–Trinajstić information content (AvgIpc) is 2.78. The molecule has 0 saturated carbocycles. The summed E-state index contributed by atoms with van der Waals surface area (Å²) in [6, 6.07) is 0. The van der Waals surface area contributed by atoms with Crippen molar-refractivity contribution in [1.29, 1.82) is 0 Å². The van der Waals surface area contributed by atoms with Crippen LogP contribution < -0.4 is 5.84 Å². The van der Waals surface area contributed by atoms with Crippen LogP contribution in [0.25, 0.3) is 0 Å². The molecular weight excluding hydrogens is 300 g/mol. The van der Waals surface area contributed by atoms with Crippen LogP contribution in [0.5, 0.6) is 0 Å². The molecule has 24 heavy (non-hydrogen) atoms. The maximum atomic E-state index is 6.31. The second-order valence-electron chi connectivity index (χ2n) is 8.68. The summed E-state index contributed by atoms with van der Waals surface area (Å²) in [5, 5.41) is 8.77. The van der Waals surface area contributed by atoms with Gasteiger partial charge in [0.25, 0.3) is 0 Å². The van der Waals surface area contributed by atoms with E-state index in [4.69, 9.17) is 5.84 Å². The first-order valence-corrected chi connectivity index (χ1v) is 9.53. The van der Waals surface area contributed by atoms with Gasteiger partial charge in [0.05, 0.1) is 13.1 Å². The van der Waals surface area contributed by atoms with Crippen LogP contribution in [0, 0.1) is 23.7 Å². The van der Waals surface area contributed by atoms with E-state index in [1.165, 1.54) is 12.8 Å². The number of rotatable bonds is 4. The van der Waals surface area contributed by atoms with E-state index in [0.29, 0.717) is 0 Å². The lowest BCUT2D eigenvalue weighted by Gasteiger charge is -2.35. The number of nitrogens with zero attached hydrogens (tertiary/aromatic N) is 5. The number of piperidine rings is 2. The van der Waals surface area contributed by atoms with Gasteiger partial charge in [-0.1, -0.05) is 27.7 Å². The zero-order chi connectivity index (χ0) is 17.3. The van der Waals surface area contributed by atoms with Crippen molar-refractivity contribution in [1.82, 2.24) is 24.7 Å². The lowest BCUT2D eigenvalue weighted by atomic mass is 9.92. The first-order chi connectivity index (χ1) is 11.4. The number of hydrogen-bond acceptors (Lipinski definition) is 5. The van der Waals surface area contributed by atoms with Crippen LogP contribution in [-0.2, 0) is 13.1 Å². The second-order valence-corrected chi connectivity index (χ2v) is 8.68. The normalized spacial score (nSPS) is 33.0. The Hall–Kier alpha value is -1.14. The second kappa shape index (κ2) is 7.40. The van der Waals surface area contributed by atoms with Crippen molar-refractivity contribution in [3.63, 3.8) is 0 Å². The van der Waals surface area contributed by atoms with E-state index in [1.807, 2.05) is 0 Å². The molecule has 3 rings (SSSR count). The first-order valence-electron chi connectivity index (χ1n) is 9.53. The van der Waals surface area contributed by atoms with Gasteiger partial charge in [0, 0.05) is 26.2 Å². The summed E-state index contributed by atoms with van der Waals surface area (Å²) in [6.45, 7) is 15.5. The minimum absolute atomic E-state index is 0.749. The van der Waals surface area contributed by atoms with Gasteiger partial charge in [-0.15, -0.1) is 10.2 Å². The summed E-state index contributed by atoms with van der Waals surface area (Å²) in [5.41, 5.74) is 0. The fourth-order valence-corrected chi connectivity index (χ4v) is 4.82. The summed E-state index contributed by atoms with van der Waals surface area (Å²) in [7, 11) is 0. The molecule has 136 valence electrons. The molecule has 6 heteroatoms. The summed E-state index contributed by atoms with van der Waals surface area (Å²) >= 11 is 0. The van der Waals surface area contributed by atoms with Crippen molar-refractivity contribution >= 4 is 0 Å². The van der Waals surface area contributed by atoms with Gasteiger partial charge in [-0.3, -0.25) is 9.80 Å². The van der Waals surface area contributed by atoms with E-state index in [9.17, 15) is 0 Å². The molecule has 2 aliphatic heterocycles. The topological polar surface area (TPSA) is 63.2 Å². The Morgan fingerprint density at radius 3 is 1.42 bits per heavy atom. The van der Waals surface area contributed by atoms with E-state index < -0.39 is 0 Å². The smallest absolute Gasteiger partial charge is 0.165 e. The molecule has 2 N–H and O–H groups in total. The Morgan fingerprint density at radius 1 is 0.750 bits per heavy atom. The molecule has 1 aromatic heterocycles. The number of nitrogens with two attached hydrogens (primary N) is 1. The Kier molecular flexibility index (Phi) is 5.45. The van der Waals surface area contributed by atoms with Crippen LogP contribution in [-0.4, -0.2) is 50.9 Å². The highest BCUT2D eigenvalue weighted by molar-refractivity contribution is 4.97. The van der Waals surface area contributed by atoms with Crippen LogP contribution in [0.1, 0.15) is 52.2 Å². The standard InChI is InChI=1S/C18H34N6/c1-13-5-14(2)8-22(7-13)11-17-20-21-18(24(17)19)12-23-9-15(3)6-16(4)10-23/h13-16H,5-12,19H2,1-4H3/t13-,14-,15-,16+/m1/s1. The number of likely N-dealkylation sites (tertiary alicyclic amines) is 2. The van der Waals surface area contributed by atoms with Crippen LogP contribution in [0.3, 0.4) is 0 Å². The van der Waals surface area contributed by atoms with E-state index >= 15 is 0 Å². The van der Waals surface area contributed by atoms with Gasteiger partial charge in [-0.2, -0.15) is 0 Å². The molecule has 6 nitrogen and oxygen atoms in total. The third kappa shape index (κ3) is 4.28. The Labute approximate surface area is 146 Å². The number of hydrogen-bond donors (Lipinski definition) is 1. The predicted molar refractivity (Wildman–Crippen MR) is 96.6 cm³/mol. The van der Waals surface area contributed by atoms with Crippen molar-refractivity contribution in [2.75, 3.05) is 32.0 Å². The molecule has 2 fully saturated rings. The Bertz CT molecular complexity index is 476. The molecule has 0 aromatic carbocycles. The fourth-order valence-electron chi connectivity index (χ4n) is 4.82. The highest BCUT2D eigenvalue weighted by Gasteiger charge is 2.26. The van der Waals surface area contributed by atoms with Crippen LogP contribution >= 0.6 is 0 Å². The van der Waals surface area contributed by atoms with Crippen molar-refractivity contribution in [2.45, 2.75) is 53.6 Å². The van der Waals surface area contributed by atoms with Crippen molar-refractivity contribution in [2.24, 2.45) is 23.7 Å². The molecule has 0 amide bonds. The zero-order valence-electron chi connectivity index (χ0n) is 15.8. The lowest BCUT2D eigenvalue weighted by Crippen LogP contribution is -2.40. The van der Waals surface area contributed by atoms with E-state index in [0.717, 1.165) is 74.6 Å². The average molecular weight is 335 g/mol. The first kappa shape index (κ1) is 17.7. The van der Waals surface area contributed by atoms with Crippen molar-refractivity contribution in [3.05, 3.63) is 11.6 Å². The van der Waals surface area contributed by atoms with Crippen LogP contribution in [0.15, 0.2) is 0 Å². The molecule has 0 aliphatic carbocycles. The summed E-state index contributed by atoms with van der Waals surface area (Å²) in [6.07, 6.45) is 2.64. The molecule has 0 bridgehead atoms. The van der Waals surface area contributed by atoms with E-state index in [-0.39, 0.29) is 0 Å². The minimum atomic E-state index is 0.749. The van der Waals surface area contributed by atoms with Gasteiger partial charge < -0.3 is 5.84 Å². The quantitative estimate of drug-likeness (QED) is 0.853. The summed E-state index contributed by atoms with van der Waals surface area (Å²) in [5.74, 6) is 11.1. The minimum Gasteiger partial charge on any atom is -0.336 e. The van der Waals surface area contributed by atoms with Crippen molar-refractivity contribution < 1.29 is 0 Å². The lowest BCUT2D eigenvalue weighted by molar-refractivity contribution is 0.127. The molecule has 0 spiro atoms. The van der Waals surface area contributed by atoms with Gasteiger partial charge in [-0.25, -0.2) is 4.68 Å². The monoisotopic (exact) mass is 334 g/mol. The molecule has 4 atom stereocenters. The molecule has 1 aromatic rings. The van der Waals surface area contributed by atoms with Gasteiger partial charge in [0.15, 0.2) is 11.6 Å². The molecule has 2 aliphatic rings. The maximum Gasteiger partial charge on any atom is 0.165 e. The Morgan fingerprint density at radius 2 is 1.08 bits per heavy atom. The van der Waals surface area contributed by atoms with Crippen LogP contribution in [0.2, 0.25) is 0 Å². The van der Waals surface area contributed by atoms with Gasteiger partial charge >= 0.3 is 0 Å². The summed E-state index contributed by atoms with van der Waals surface area (Å²) < 4.78 is 1.73. The third-order valence-corrected chi connectivity index (χ3v) is 5.46. The van der Waals surface area contributed by atoms with Gasteiger partial charge in [0.2, 0.25) is 0 Å². The number of nitrogen functional groups attached to an aromatic ring is 1. The molecule has 0 unspecified atom stereocenters. The highest BCUT2D eigenvalue weighted by Crippen LogP contribution is 2.23. The van der Waals surface area contributed by atoms with Gasteiger partial charge in [0.1, 0.15) is 0 Å². The van der Waals surface area contributed by atoms with Crippen molar-refractivity contribution in [3.8, 4) is 0 Å². The molecule has 0 radical (unpaired) electrons. The summed E-state index contributed by atoms with van der Waals surface area (Å²) in [4.78, 5) is 4.95. The SMILES string of the molecule is C[C@@H]1C[C@@H](C)CN(Cc2nnc(CN3C[C@H](C)C[C@H](C)C3)n2N)C1. The fraction of sp³-hybridized carbons (Fsp3) is 0.889. The largest absolute Gasteiger partial charge is 0.336 e. The number of aromatic nitrogens is 3. The predicted octanol–water partition coefficient (Wildman–Crippen LogP) is 1.95. The highest BCUT2D eigenvalue weighted by atomic mass is 15.4. The molecule has 2 saturated heterocycles. The van der Waals surface area contributed by atoms with E-state index in [2.05, 4.69) is 47.7 Å². The van der Waals surface area contributed by atoms with E-state index in [1.54, 1.807) is 4.68 Å². The van der Waals surface area contributed by atoms with Gasteiger partial charge in [-0.05, 0) is 36.5 Å².